The number of ketones is 1. The van der Waals surface area contributed by atoms with Gasteiger partial charge in [-0.15, -0.1) is 0 Å². The Labute approximate surface area is 263 Å². The van der Waals surface area contributed by atoms with E-state index in [1.807, 2.05) is 56.3 Å². The van der Waals surface area contributed by atoms with Gasteiger partial charge in [0.15, 0.2) is 5.78 Å². The maximum absolute atomic E-state index is 12.9. The summed E-state index contributed by atoms with van der Waals surface area (Å²) in [4.78, 5) is 29.6. The van der Waals surface area contributed by atoms with Crippen LogP contribution in [0.3, 0.4) is 0 Å². The molecule has 0 aliphatic heterocycles. The van der Waals surface area contributed by atoms with Crippen molar-refractivity contribution in [1.29, 1.82) is 0 Å². The number of pyridine rings is 1. The van der Waals surface area contributed by atoms with Crippen LogP contribution in [0.4, 0.5) is 0 Å². The zero-order valence-electron chi connectivity index (χ0n) is 25.4. The number of hydrogen-bond acceptors (Lipinski definition) is 8. The van der Waals surface area contributed by atoms with Crippen LogP contribution < -0.4 is 19.5 Å². The van der Waals surface area contributed by atoms with E-state index in [0.717, 1.165) is 33.4 Å². The molecule has 1 unspecified atom stereocenters. The Morgan fingerprint density at radius 1 is 0.886 bits per heavy atom. The Hall–Kier alpha value is -4.40. The summed E-state index contributed by atoms with van der Waals surface area (Å²) in [6, 6.07) is 22.0. The summed E-state index contributed by atoms with van der Waals surface area (Å²) in [6.45, 7) is 6.68. The van der Waals surface area contributed by atoms with E-state index in [1.165, 1.54) is 0 Å². The third-order valence-electron chi connectivity index (χ3n) is 6.95. The maximum Gasteiger partial charge on any atom is 0.310 e. The SMILES string of the molecule is CCOC(=O)Cc1ccc(OC)c(-c2ccc(-c3ccc(OCC)nc3)cc2CNC(C)C(=O)COc2ccc(Cl)cc2)c1. The monoisotopic (exact) mass is 616 g/mol. The number of Topliss-reactive ketones (excluding diaryl/α,β-unsaturated/α-hetero) is 1. The summed E-state index contributed by atoms with van der Waals surface area (Å²) in [5.41, 5.74) is 5.34. The summed E-state index contributed by atoms with van der Waals surface area (Å²) in [5.74, 6) is 1.41. The second kappa shape index (κ2) is 15.9. The molecule has 1 heterocycles. The minimum atomic E-state index is -0.483. The van der Waals surface area contributed by atoms with Gasteiger partial charge in [-0.1, -0.05) is 29.8 Å². The number of nitrogens with zero attached hydrogens (tertiary/aromatic N) is 1. The molecule has 1 atom stereocenters. The molecule has 230 valence electrons. The Morgan fingerprint density at radius 2 is 1.66 bits per heavy atom. The van der Waals surface area contributed by atoms with Gasteiger partial charge in [-0.05, 0) is 91.6 Å². The maximum atomic E-state index is 12.9. The highest BCUT2D eigenvalue weighted by molar-refractivity contribution is 6.30. The predicted molar refractivity (Wildman–Crippen MR) is 171 cm³/mol. The molecule has 44 heavy (non-hydrogen) atoms. The quantitative estimate of drug-likeness (QED) is 0.147. The van der Waals surface area contributed by atoms with Gasteiger partial charge in [0.1, 0.15) is 18.1 Å². The zero-order chi connectivity index (χ0) is 31.5. The molecular weight excluding hydrogens is 580 g/mol. The standard InChI is InChI=1S/C35H37ClN2O6/c1-5-42-34-16-9-26(20-38-34)25-8-14-30(31-17-24(7-15-33(31)41-4)18-35(40)43-6-2)27(19-25)21-37-23(3)32(39)22-44-29-12-10-28(36)11-13-29/h7-17,19-20,23,37H,5-6,18,21-22H2,1-4H3. The van der Waals surface area contributed by atoms with E-state index in [0.29, 0.717) is 42.2 Å². The van der Waals surface area contributed by atoms with Crippen molar-refractivity contribution in [1.82, 2.24) is 10.3 Å². The Kier molecular flexibility index (Phi) is 11.7. The van der Waals surface area contributed by atoms with Gasteiger partial charge in [-0.25, -0.2) is 4.98 Å². The van der Waals surface area contributed by atoms with Crippen LogP contribution in [0.5, 0.6) is 17.4 Å². The van der Waals surface area contributed by atoms with Crippen LogP contribution in [-0.4, -0.2) is 49.7 Å². The first kappa shape index (κ1) is 32.5. The molecule has 3 aromatic carbocycles. The largest absolute Gasteiger partial charge is 0.496 e. The van der Waals surface area contributed by atoms with Gasteiger partial charge >= 0.3 is 5.97 Å². The van der Waals surface area contributed by atoms with Gasteiger partial charge < -0.3 is 24.3 Å². The van der Waals surface area contributed by atoms with Crippen LogP contribution in [0.15, 0.2) is 79.0 Å². The van der Waals surface area contributed by atoms with E-state index < -0.39 is 6.04 Å². The number of carbonyl (C=O) groups is 2. The van der Waals surface area contributed by atoms with Crippen molar-refractivity contribution in [3.8, 4) is 39.6 Å². The highest BCUT2D eigenvalue weighted by Crippen LogP contribution is 2.36. The second-order valence-corrected chi connectivity index (χ2v) is 10.5. The first-order chi connectivity index (χ1) is 21.3. The van der Waals surface area contributed by atoms with Crippen LogP contribution in [-0.2, 0) is 27.3 Å². The molecule has 0 amide bonds. The van der Waals surface area contributed by atoms with Crippen molar-refractivity contribution >= 4 is 23.4 Å². The predicted octanol–water partition coefficient (Wildman–Crippen LogP) is 6.71. The normalized spacial score (nSPS) is 11.5. The average Bonchev–Trinajstić information content (AvgIpc) is 3.03. The number of hydrogen-bond donors (Lipinski definition) is 1. The van der Waals surface area contributed by atoms with Gasteiger partial charge in [-0.3, -0.25) is 9.59 Å². The van der Waals surface area contributed by atoms with Crippen LogP contribution >= 0.6 is 11.6 Å². The van der Waals surface area contributed by atoms with Crippen LogP contribution in [0.1, 0.15) is 31.9 Å². The second-order valence-electron chi connectivity index (χ2n) is 10.0. The molecule has 0 aliphatic carbocycles. The first-order valence-electron chi connectivity index (χ1n) is 14.5. The summed E-state index contributed by atoms with van der Waals surface area (Å²) < 4.78 is 22.0. The van der Waals surface area contributed by atoms with Crippen molar-refractivity contribution < 1.29 is 28.5 Å². The van der Waals surface area contributed by atoms with E-state index in [9.17, 15) is 9.59 Å². The molecule has 0 spiro atoms. The number of esters is 1. The summed E-state index contributed by atoms with van der Waals surface area (Å²) in [7, 11) is 1.61. The fourth-order valence-electron chi connectivity index (χ4n) is 4.61. The highest BCUT2D eigenvalue weighted by Gasteiger charge is 2.18. The minimum Gasteiger partial charge on any atom is -0.496 e. The average molecular weight is 617 g/mol. The number of benzene rings is 3. The van der Waals surface area contributed by atoms with Crippen molar-refractivity contribution in [3.05, 3.63) is 95.1 Å². The summed E-state index contributed by atoms with van der Waals surface area (Å²) >= 11 is 5.94. The van der Waals surface area contributed by atoms with E-state index in [1.54, 1.807) is 44.5 Å². The lowest BCUT2D eigenvalue weighted by Crippen LogP contribution is -2.36. The number of rotatable bonds is 15. The third kappa shape index (κ3) is 8.81. The number of aromatic nitrogens is 1. The third-order valence-corrected chi connectivity index (χ3v) is 7.20. The first-order valence-corrected chi connectivity index (χ1v) is 14.9. The van der Waals surface area contributed by atoms with Crippen LogP contribution in [0.25, 0.3) is 22.3 Å². The van der Waals surface area contributed by atoms with E-state index in [4.69, 9.17) is 30.5 Å². The molecule has 4 aromatic rings. The molecule has 0 radical (unpaired) electrons. The molecule has 8 nitrogen and oxygen atoms in total. The molecule has 0 fully saturated rings. The number of methoxy groups -OCH3 is 1. The molecule has 0 bridgehead atoms. The lowest BCUT2D eigenvalue weighted by molar-refractivity contribution is -0.142. The van der Waals surface area contributed by atoms with Gasteiger partial charge in [0.25, 0.3) is 0 Å². The van der Waals surface area contributed by atoms with Crippen molar-refractivity contribution in [2.75, 3.05) is 26.9 Å². The number of halogens is 1. The highest BCUT2D eigenvalue weighted by atomic mass is 35.5. The smallest absolute Gasteiger partial charge is 0.310 e. The number of carbonyl (C=O) groups excluding carboxylic acids is 2. The molecule has 0 aliphatic rings. The summed E-state index contributed by atoms with van der Waals surface area (Å²) in [6.07, 6.45) is 1.92. The minimum absolute atomic E-state index is 0.0791. The van der Waals surface area contributed by atoms with E-state index in [2.05, 4.69) is 16.4 Å². The van der Waals surface area contributed by atoms with Crippen LogP contribution in [0.2, 0.25) is 5.02 Å². The Morgan fingerprint density at radius 3 is 2.34 bits per heavy atom. The molecular formula is C35H37ClN2O6. The van der Waals surface area contributed by atoms with E-state index in [-0.39, 0.29) is 24.8 Å². The van der Waals surface area contributed by atoms with Crippen LogP contribution in [0, 0.1) is 0 Å². The van der Waals surface area contributed by atoms with Gasteiger partial charge in [0.2, 0.25) is 5.88 Å². The Bertz CT molecular complexity index is 1560. The number of nitrogens with one attached hydrogen (secondary N) is 1. The molecule has 1 aromatic heterocycles. The lowest BCUT2D eigenvalue weighted by Gasteiger charge is -2.19. The van der Waals surface area contributed by atoms with Crippen molar-refractivity contribution in [2.45, 2.75) is 39.8 Å². The summed E-state index contributed by atoms with van der Waals surface area (Å²) in [5, 5.41) is 3.96. The topological polar surface area (TPSA) is 96.0 Å². The van der Waals surface area contributed by atoms with Gasteiger partial charge in [0, 0.05) is 35.0 Å². The van der Waals surface area contributed by atoms with Crippen molar-refractivity contribution in [3.63, 3.8) is 0 Å². The van der Waals surface area contributed by atoms with E-state index >= 15 is 0 Å². The molecule has 1 N–H and O–H groups in total. The fourth-order valence-corrected chi connectivity index (χ4v) is 4.73. The van der Waals surface area contributed by atoms with Crippen molar-refractivity contribution in [2.24, 2.45) is 0 Å². The molecule has 9 heteroatoms. The Balaban J connectivity index is 1.62. The molecule has 4 rings (SSSR count). The number of ether oxygens (including phenoxy) is 4. The van der Waals surface area contributed by atoms with Gasteiger partial charge in [-0.2, -0.15) is 0 Å². The fraction of sp³-hybridized carbons (Fsp3) is 0.286. The lowest BCUT2D eigenvalue weighted by atomic mass is 9.93. The zero-order valence-corrected chi connectivity index (χ0v) is 26.1. The van der Waals surface area contributed by atoms with Gasteiger partial charge in [0.05, 0.1) is 32.8 Å². The molecule has 0 saturated heterocycles. The molecule has 0 saturated carbocycles.